The van der Waals surface area contributed by atoms with Gasteiger partial charge in [-0.15, -0.1) is 0 Å². The number of aromatic nitrogens is 2. The first-order valence-corrected chi connectivity index (χ1v) is 5.43. The van der Waals surface area contributed by atoms with Gasteiger partial charge in [-0.05, 0) is 0 Å². The lowest BCUT2D eigenvalue weighted by Gasteiger charge is -2.17. The van der Waals surface area contributed by atoms with Crippen molar-refractivity contribution in [3.05, 3.63) is 11.9 Å². The molecule has 0 aliphatic rings. The molecule has 0 aliphatic heterocycles. The van der Waals surface area contributed by atoms with E-state index in [0.717, 1.165) is 0 Å². The maximum Gasteiger partial charge on any atom is 0.380 e. The number of hydrogen-bond acceptors (Lipinski definition) is 4. The minimum absolute atomic E-state index is 0.139. The fourth-order valence-electron chi connectivity index (χ4n) is 1.00. The van der Waals surface area contributed by atoms with E-state index >= 15 is 0 Å². The summed E-state index contributed by atoms with van der Waals surface area (Å²) in [6, 6.07) is 0. The first-order valence-electron chi connectivity index (χ1n) is 3.96. The molecule has 0 bridgehead atoms. The van der Waals surface area contributed by atoms with Gasteiger partial charge >= 0.3 is 10.3 Å². The Bertz CT molecular complexity index is 416. The molecule has 7 heteroatoms. The zero-order valence-electron chi connectivity index (χ0n) is 8.23. The van der Waals surface area contributed by atoms with Gasteiger partial charge in [0.1, 0.15) is 0 Å². The molecule has 0 amide bonds. The largest absolute Gasteiger partial charge is 0.380 e. The molecule has 80 valence electrons. The van der Waals surface area contributed by atoms with Crippen LogP contribution in [-0.4, -0.2) is 18.6 Å². The van der Waals surface area contributed by atoms with E-state index in [1.165, 1.54) is 6.20 Å². The van der Waals surface area contributed by atoms with E-state index in [1.54, 1.807) is 0 Å². The maximum absolute atomic E-state index is 10.7. The van der Waals surface area contributed by atoms with Crippen LogP contribution in [0.5, 0.6) is 5.75 Å². The van der Waals surface area contributed by atoms with Gasteiger partial charge in [0.15, 0.2) is 5.75 Å². The third-order valence-electron chi connectivity index (χ3n) is 1.56. The van der Waals surface area contributed by atoms with E-state index in [2.05, 4.69) is 14.4 Å². The van der Waals surface area contributed by atoms with Crippen LogP contribution in [0.15, 0.2) is 6.20 Å². The zero-order valence-corrected chi connectivity index (χ0v) is 9.05. The lowest BCUT2D eigenvalue weighted by Crippen LogP contribution is -2.21. The van der Waals surface area contributed by atoms with Crippen LogP contribution < -0.4 is 9.32 Å². The summed E-state index contributed by atoms with van der Waals surface area (Å²) in [7, 11) is -3.99. The second-order valence-electron chi connectivity index (χ2n) is 3.94. The van der Waals surface area contributed by atoms with E-state index in [0.29, 0.717) is 5.69 Å². The molecular weight excluding hydrogens is 206 g/mol. The molecule has 0 spiro atoms. The summed E-state index contributed by atoms with van der Waals surface area (Å²) in [5, 5.41) is 11.1. The van der Waals surface area contributed by atoms with Crippen LogP contribution in [0.1, 0.15) is 26.5 Å². The highest BCUT2D eigenvalue weighted by Crippen LogP contribution is 2.29. The minimum Gasteiger partial charge on any atom is -0.367 e. The van der Waals surface area contributed by atoms with Crippen LogP contribution in [0, 0.1) is 0 Å². The number of hydrogen-bond donors (Lipinski definition) is 2. The van der Waals surface area contributed by atoms with Gasteiger partial charge in [-0.1, -0.05) is 20.8 Å². The molecule has 0 aromatic carbocycles. The van der Waals surface area contributed by atoms with Crippen LogP contribution in [0.2, 0.25) is 0 Å². The van der Waals surface area contributed by atoms with Crippen molar-refractivity contribution < 1.29 is 12.6 Å². The summed E-state index contributed by atoms with van der Waals surface area (Å²) in [6.45, 7) is 5.70. The van der Waals surface area contributed by atoms with Crippen LogP contribution in [0.3, 0.4) is 0 Å². The van der Waals surface area contributed by atoms with Gasteiger partial charge in [0.2, 0.25) is 0 Å². The Balaban J connectivity index is 3.06. The molecule has 14 heavy (non-hydrogen) atoms. The Morgan fingerprint density at radius 1 is 1.50 bits per heavy atom. The van der Waals surface area contributed by atoms with Gasteiger partial charge < -0.3 is 4.18 Å². The number of rotatable bonds is 2. The average molecular weight is 219 g/mol. The van der Waals surface area contributed by atoms with Gasteiger partial charge in [-0.25, -0.2) is 0 Å². The lowest BCUT2D eigenvalue weighted by molar-refractivity contribution is 0.469. The molecule has 0 radical (unpaired) electrons. The summed E-state index contributed by atoms with van der Waals surface area (Å²) >= 11 is 0. The van der Waals surface area contributed by atoms with Crippen molar-refractivity contribution in [3.63, 3.8) is 0 Å². The molecule has 1 heterocycles. The smallest absolute Gasteiger partial charge is 0.367 e. The third-order valence-corrected chi connectivity index (χ3v) is 1.97. The van der Waals surface area contributed by atoms with Crippen molar-refractivity contribution in [2.45, 2.75) is 26.2 Å². The van der Waals surface area contributed by atoms with E-state index in [9.17, 15) is 8.42 Å². The normalized spacial score (nSPS) is 12.9. The average Bonchev–Trinajstić information content (AvgIpc) is 2.29. The van der Waals surface area contributed by atoms with Crippen molar-refractivity contribution in [1.29, 1.82) is 0 Å². The predicted molar refractivity (Wildman–Crippen MR) is 51.0 cm³/mol. The van der Waals surface area contributed by atoms with Gasteiger partial charge in [0.05, 0.1) is 11.9 Å². The van der Waals surface area contributed by atoms with Gasteiger partial charge in [-0.2, -0.15) is 18.7 Å². The first kappa shape index (κ1) is 11.0. The highest BCUT2D eigenvalue weighted by Gasteiger charge is 2.23. The Hall–Kier alpha value is -1.08. The van der Waals surface area contributed by atoms with Gasteiger partial charge in [0, 0.05) is 5.41 Å². The molecule has 0 aliphatic carbocycles. The molecule has 6 nitrogen and oxygen atoms in total. The first-order chi connectivity index (χ1) is 6.20. The lowest BCUT2D eigenvalue weighted by atomic mass is 9.92. The molecule has 1 rings (SSSR count). The molecule has 0 unspecified atom stereocenters. The Labute approximate surface area is 82.7 Å². The Morgan fingerprint density at radius 2 is 2.07 bits per heavy atom. The number of H-pyrrole nitrogens is 1. The fraction of sp³-hybridized carbons (Fsp3) is 0.571. The minimum atomic E-state index is -3.99. The van der Waals surface area contributed by atoms with E-state index in [4.69, 9.17) is 5.14 Å². The standard InChI is InChI=1S/C7H13N3O3S/c1-7(2,3)6-5(4-9-10-6)13-14(8,11)12/h4H,1-3H3,(H,9,10)(H2,8,11,12). The number of aromatic amines is 1. The van der Waals surface area contributed by atoms with Crippen LogP contribution in [-0.2, 0) is 15.7 Å². The summed E-state index contributed by atoms with van der Waals surface area (Å²) in [5.74, 6) is 0.139. The van der Waals surface area contributed by atoms with Crippen molar-refractivity contribution in [1.82, 2.24) is 10.2 Å². The topological polar surface area (TPSA) is 98.1 Å². The van der Waals surface area contributed by atoms with E-state index in [-0.39, 0.29) is 11.2 Å². The summed E-state index contributed by atoms with van der Waals surface area (Å²) < 4.78 is 25.9. The Kier molecular flexibility index (Phi) is 2.55. The predicted octanol–water partition coefficient (Wildman–Crippen LogP) is 0.290. The molecule has 0 fully saturated rings. The third kappa shape index (κ3) is 2.71. The van der Waals surface area contributed by atoms with Crippen molar-refractivity contribution in [2.75, 3.05) is 0 Å². The van der Waals surface area contributed by atoms with Crippen LogP contribution in [0.4, 0.5) is 0 Å². The molecule has 0 saturated carbocycles. The molecular formula is C7H13N3O3S. The van der Waals surface area contributed by atoms with E-state index in [1.807, 2.05) is 20.8 Å². The highest BCUT2D eigenvalue weighted by atomic mass is 32.2. The maximum atomic E-state index is 10.7. The number of nitrogens with zero attached hydrogens (tertiary/aromatic N) is 1. The summed E-state index contributed by atoms with van der Waals surface area (Å²) in [4.78, 5) is 0. The van der Waals surface area contributed by atoms with Crippen molar-refractivity contribution in [3.8, 4) is 5.75 Å². The monoisotopic (exact) mass is 219 g/mol. The highest BCUT2D eigenvalue weighted by molar-refractivity contribution is 7.84. The van der Waals surface area contributed by atoms with Crippen molar-refractivity contribution >= 4 is 10.3 Å². The zero-order chi connectivity index (χ0) is 11.0. The molecule has 0 saturated heterocycles. The Morgan fingerprint density at radius 3 is 2.50 bits per heavy atom. The quantitative estimate of drug-likeness (QED) is 0.746. The number of nitrogens with two attached hydrogens (primary N) is 1. The van der Waals surface area contributed by atoms with Gasteiger partial charge in [0.25, 0.3) is 0 Å². The molecule has 1 aromatic heterocycles. The molecule has 1 aromatic rings. The second kappa shape index (κ2) is 3.25. The summed E-state index contributed by atoms with van der Waals surface area (Å²) in [6.07, 6.45) is 1.28. The van der Waals surface area contributed by atoms with Crippen LogP contribution in [0.25, 0.3) is 0 Å². The molecule has 0 atom stereocenters. The number of nitrogens with one attached hydrogen (secondary N) is 1. The van der Waals surface area contributed by atoms with Crippen molar-refractivity contribution in [2.24, 2.45) is 5.14 Å². The van der Waals surface area contributed by atoms with Crippen LogP contribution >= 0.6 is 0 Å². The second-order valence-corrected chi connectivity index (χ2v) is 5.09. The van der Waals surface area contributed by atoms with Gasteiger partial charge in [-0.3, -0.25) is 5.10 Å². The fourth-order valence-corrected chi connectivity index (χ4v) is 1.38. The van der Waals surface area contributed by atoms with E-state index < -0.39 is 10.3 Å². The SMILES string of the molecule is CC(C)(C)c1[nH]ncc1OS(N)(=O)=O. The summed E-state index contributed by atoms with van der Waals surface area (Å²) in [5.41, 5.74) is 0.308. The molecule has 3 N–H and O–H groups in total.